The Morgan fingerprint density at radius 3 is 2.55 bits per heavy atom. The maximum atomic E-state index is 6.23. The molecule has 0 N–H and O–H groups in total. The number of likely N-dealkylation sites (tertiary alicyclic amines) is 1. The van der Waals surface area contributed by atoms with Gasteiger partial charge < -0.3 is 14.1 Å². The van der Waals surface area contributed by atoms with Crippen molar-refractivity contribution in [2.24, 2.45) is 0 Å². The SMILES string of the molecule is C=C(/C(C)=C/CO[Si](C)(C)C(C)(C)C)N1CCC[C@H]1COC. The van der Waals surface area contributed by atoms with E-state index in [0.717, 1.165) is 18.8 Å². The zero-order chi connectivity index (χ0) is 17.0. The van der Waals surface area contributed by atoms with Gasteiger partial charge in [0.05, 0.1) is 19.3 Å². The highest BCUT2D eigenvalue weighted by atomic mass is 28.4. The van der Waals surface area contributed by atoms with Gasteiger partial charge in [-0.1, -0.05) is 33.4 Å². The zero-order valence-electron chi connectivity index (χ0n) is 15.7. The molecule has 0 aliphatic carbocycles. The molecule has 0 radical (unpaired) electrons. The quantitative estimate of drug-likeness (QED) is 0.505. The predicted octanol–water partition coefficient (Wildman–Crippen LogP) is 4.58. The van der Waals surface area contributed by atoms with E-state index < -0.39 is 8.32 Å². The standard InChI is InChI=1S/C18H35NO2Si/c1-15(11-13-21-22(7,8)18(3,4)5)16(2)19-12-9-10-17(19)14-20-6/h11,17H,2,9-10,12-14H2,1,3-8H3/b15-11+/t17-/m0/s1. The number of nitrogens with zero attached hydrogens (tertiary/aromatic N) is 1. The second kappa shape index (κ2) is 7.80. The van der Waals surface area contributed by atoms with Crippen LogP contribution in [-0.4, -0.2) is 46.1 Å². The second-order valence-corrected chi connectivity index (χ2v) is 12.7. The minimum absolute atomic E-state index is 0.254. The smallest absolute Gasteiger partial charge is 0.192 e. The first-order chi connectivity index (χ1) is 10.1. The second-order valence-electron chi connectivity index (χ2n) is 7.85. The molecular formula is C18H35NO2Si. The zero-order valence-corrected chi connectivity index (χ0v) is 16.7. The Balaban J connectivity index is 2.60. The molecule has 1 atom stereocenters. The Labute approximate surface area is 138 Å². The van der Waals surface area contributed by atoms with Crippen LogP contribution >= 0.6 is 0 Å². The molecule has 0 bridgehead atoms. The Kier molecular flexibility index (Phi) is 6.90. The van der Waals surface area contributed by atoms with Gasteiger partial charge in [0.15, 0.2) is 8.32 Å². The highest BCUT2D eigenvalue weighted by molar-refractivity contribution is 6.74. The fourth-order valence-electron chi connectivity index (χ4n) is 2.49. The molecule has 1 aliphatic rings. The lowest BCUT2D eigenvalue weighted by atomic mass is 10.1. The Bertz CT molecular complexity index is 410. The van der Waals surface area contributed by atoms with Gasteiger partial charge in [-0.15, -0.1) is 0 Å². The van der Waals surface area contributed by atoms with Gasteiger partial charge in [-0.2, -0.15) is 0 Å². The van der Waals surface area contributed by atoms with E-state index in [1.165, 1.54) is 18.4 Å². The number of methoxy groups -OCH3 is 1. The molecule has 0 aromatic rings. The van der Waals surface area contributed by atoms with Gasteiger partial charge in [0.2, 0.25) is 0 Å². The summed E-state index contributed by atoms with van der Waals surface area (Å²) < 4.78 is 11.6. The van der Waals surface area contributed by atoms with Gasteiger partial charge in [0.25, 0.3) is 0 Å². The van der Waals surface area contributed by atoms with Crippen molar-refractivity contribution in [3.05, 3.63) is 23.9 Å². The summed E-state index contributed by atoms with van der Waals surface area (Å²) in [5.41, 5.74) is 2.35. The molecule has 0 saturated carbocycles. The average Bonchev–Trinajstić information content (AvgIpc) is 2.84. The van der Waals surface area contributed by atoms with E-state index in [4.69, 9.17) is 9.16 Å². The van der Waals surface area contributed by atoms with Crippen molar-refractivity contribution in [3.8, 4) is 0 Å². The molecule has 0 aromatic carbocycles. The van der Waals surface area contributed by atoms with Gasteiger partial charge in [-0.25, -0.2) is 0 Å². The van der Waals surface area contributed by atoms with Crippen molar-refractivity contribution >= 4 is 8.32 Å². The summed E-state index contributed by atoms with van der Waals surface area (Å²) >= 11 is 0. The van der Waals surface area contributed by atoms with Crippen molar-refractivity contribution in [1.82, 2.24) is 4.90 Å². The maximum absolute atomic E-state index is 6.23. The van der Waals surface area contributed by atoms with E-state index in [1.54, 1.807) is 7.11 Å². The van der Waals surface area contributed by atoms with Crippen LogP contribution in [0.15, 0.2) is 23.9 Å². The third-order valence-corrected chi connectivity index (χ3v) is 9.68. The van der Waals surface area contributed by atoms with Crippen LogP contribution < -0.4 is 0 Å². The first-order valence-corrected chi connectivity index (χ1v) is 11.3. The predicted molar refractivity (Wildman–Crippen MR) is 97.7 cm³/mol. The molecule has 1 heterocycles. The van der Waals surface area contributed by atoms with Crippen LogP contribution in [0.3, 0.4) is 0 Å². The first-order valence-electron chi connectivity index (χ1n) is 8.35. The lowest BCUT2D eigenvalue weighted by Gasteiger charge is -2.36. The fraction of sp³-hybridized carbons (Fsp3) is 0.778. The molecule has 1 aliphatic heterocycles. The third kappa shape index (κ3) is 4.97. The summed E-state index contributed by atoms with van der Waals surface area (Å²) in [7, 11) is 0.101. The molecule has 4 heteroatoms. The summed E-state index contributed by atoms with van der Waals surface area (Å²) in [6.45, 7) is 20.4. The normalized spacial score (nSPS) is 20.6. The number of rotatable bonds is 7. The molecule has 22 heavy (non-hydrogen) atoms. The molecule has 1 fully saturated rings. The van der Waals surface area contributed by atoms with E-state index in [1.807, 2.05) is 0 Å². The first kappa shape index (κ1) is 19.5. The van der Waals surface area contributed by atoms with E-state index in [-0.39, 0.29) is 5.04 Å². The number of hydrogen-bond donors (Lipinski definition) is 0. The molecule has 3 nitrogen and oxygen atoms in total. The molecule has 0 amide bonds. The molecule has 1 saturated heterocycles. The summed E-state index contributed by atoms with van der Waals surface area (Å²) in [5, 5.41) is 0.254. The monoisotopic (exact) mass is 325 g/mol. The summed E-state index contributed by atoms with van der Waals surface area (Å²) in [4.78, 5) is 2.39. The van der Waals surface area contributed by atoms with Crippen molar-refractivity contribution in [2.75, 3.05) is 26.9 Å². The highest BCUT2D eigenvalue weighted by Crippen LogP contribution is 2.36. The van der Waals surface area contributed by atoms with Gasteiger partial charge >= 0.3 is 0 Å². The molecule has 0 aromatic heterocycles. The van der Waals surface area contributed by atoms with E-state index in [2.05, 4.69) is 58.3 Å². The largest absolute Gasteiger partial charge is 0.413 e. The molecule has 0 unspecified atom stereocenters. The molecule has 1 rings (SSSR count). The summed E-state index contributed by atoms with van der Waals surface area (Å²) in [5.74, 6) is 0. The van der Waals surface area contributed by atoms with Crippen LogP contribution in [0.4, 0.5) is 0 Å². The Hall–Kier alpha value is -0.583. The van der Waals surface area contributed by atoms with E-state index >= 15 is 0 Å². The van der Waals surface area contributed by atoms with Crippen LogP contribution in [-0.2, 0) is 9.16 Å². The lowest BCUT2D eigenvalue weighted by Crippen LogP contribution is -2.40. The van der Waals surface area contributed by atoms with Crippen LogP contribution in [0.1, 0.15) is 40.5 Å². The third-order valence-electron chi connectivity index (χ3n) is 5.18. The Morgan fingerprint density at radius 1 is 1.36 bits per heavy atom. The minimum Gasteiger partial charge on any atom is -0.413 e. The number of hydrogen-bond acceptors (Lipinski definition) is 3. The van der Waals surface area contributed by atoms with Crippen LogP contribution in [0.25, 0.3) is 0 Å². The van der Waals surface area contributed by atoms with Crippen molar-refractivity contribution in [3.63, 3.8) is 0 Å². The van der Waals surface area contributed by atoms with Crippen molar-refractivity contribution in [2.45, 2.75) is 64.7 Å². The summed E-state index contributed by atoms with van der Waals surface area (Å²) in [6, 6.07) is 0.474. The summed E-state index contributed by atoms with van der Waals surface area (Å²) in [6.07, 6.45) is 4.60. The maximum Gasteiger partial charge on any atom is 0.192 e. The highest BCUT2D eigenvalue weighted by Gasteiger charge is 2.36. The lowest BCUT2D eigenvalue weighted by molar-refractivity contribution is 0.133. The van der Waals surface area contributed by atoms with Gasteiger partial charge in [0.1, 0.15) is 0 Å². The number of allylic oxidation sites excluding steroid dienone is 1. The minimum atomic E-state index is -1.67. The number of ether oxygens (including phenoxy) is 1. The van der Waals surface area contributed by atoms with E-state index in [9.17, 15) is 0 Å². The van der Waals surface area contributed by atoms with Crippen LogP contribution in [0.5, 0.6) is 0 Å². The topological polar surface area (TPSA) is 21.7 Å². The van der Waals surface area contributed by atoms with Crippen LogP contribution in [0.2, 0.25) is 18.1 Å². The van der Waals surface area contributed by atoms with E-state index in [0.29, 0.717) is 12.6 Å². The molecule has 0 spiro atoms. The van der Waals surface area contributed by atoms with Crippen LogP contribution in [0, 0.1) is 0 Å². The molecule has 128 valence electrons. The van der Waals surface area contributed by atoms with Crippen molar-refractivity contribution < 1.29 is 9.16 Å². The fourth-order valence-corrected chi connectivity index (χ4v) is 3.43. The average molecular weight is 326 g/mol. The van der Waals surface area contributed by atoms with Gasteiger partial charge in [0, 0.05) is 19.4 Å². The Morgan fingerprint density at radius 2 is 2.00 bits per heavy atom. The van der Waals surface area contributed by atoms with Gasteiger partial charge in [-0.05, 0) is 43.5 Å². The van der Waals surface area contributed by atoms with Crippen molar-refractivity contribution in [1.29, 1.82) is 0 Å². The van der Waals surface area contributed by atoms with Gasteiger partial charge in [-0.3, -0.25) is 0 Å². The molecular weight excluding hydrogens is 290 g/mol.